The third-order valence-corrected chi connectivity index (χ3v) is 6.20. The Bertz CT molecular complexity index is 941. The summed E-state index contributed by atoms with van der Waals surface area (Å²) in [6, 6.07) is 10.9. The van der Waals surface area contributed by atoms with E-state index in [1.807, 2.05) is 6.07 Å². The third-order valence-electron chi connectivity index (χ3n) is 5.18. The predicted molar refractivity (Wildman–Crippen MR) is 105 cm³/mol. The molecule has 1 saturated carbocycles. The van der Waals surface area contributed by atoms with Gasteiger partial charge in [0.15, 0.2) is 0 Å². The molecule has 3 aromatic rings. The minimum atomic E-state index is 0.154. The van der Waals surface area contributed by atoms with Crippen LogP contribution in [0.1, 0.15) is 35.7 Å². The normalized spacial score (nSPS) is 17.2. The summed E-state index contributed by atoms with van der Waals surface area (Å²) in [7, 11) is 0. The zero-order chi connectivity index (χ0) is 18.2. The van der Waals surface area contributed by atoms with Crippen molar-refractivity contribution in [2.75, 3.05) is 6.54 Å². The molecule has 1 amide bonds. The smallest absolute Gasteiger partial charge is 0.220 e. The van der Waals surface area contributed by atoms with Crippen LogP contribution in [0.25, 0.3) is 10.2 Å². The van der Waals surface area contributed by atoms with Crippen LogP contribution in [0.4, 0.5) is 0 Å². The number of nitrogens with one attached hydrogen (secondary N) is 1. The van der Waals surface area contributed by atoms with Crippen LogP contribution in [-0.4, -0.2) is 38.2 Å². The van der Waals surface area contributed by atoms with Crippen LogP contribution < -0.4 is 5.32 Å². The topological polar surface area (TPSA) is 63.1 Å². The van der Waals surface area contributed by atoms with Gasteiger partial charge in [-0.3, -0.25) is 14.4 Å². The molecule has 0 radical (unpaired) electrons. The second-order valence-electron chi connectivity index (χ2n) is 7.48. The van der Waals surface area contributed by atoms with Crippen molar-refractivity contribution < 1.29 is 4.79 Å². The van der Waals surface area contributed by atoms with E-state index in [2.05, 4.69) is 39.2 Å². The van der Waals surface area contributed by atoms with Crippen LogP contribution in [0.5, 0.6) is 0 Å². The van der Waals surface area contributed by atoms with Gasteiger partial charge in [-0.2, -0.15) is 5.10 Å². The molecule has 0 unspecified atom stereocenters. The molecule has 140 valence electrons. The van der Waals surface area contributed by atoms with Crippen molar-refractivity contribution >= 4 is 27.5 Å². The monoisotopic (exact) mass is 381 g/mol. The van der Waals surface area contributed by atoms with Crippen molar-refractivity contribution in [1.29, 1.82) is 0 Å². The molecule has 1 N–H and O–H groups in total. The lowest BCUT2D eigenvalue weighted by Gasteiger charge is -2.26. The number of carbonyl (C=O) groups excluding carboxylic acids is 1. The van der Waals surface area contributed by atoms with Crippen LogP contribution >= 0.6 is 11.3 Å². The van der Waals surface area contributed by atoms with Crippen LogP contribution in [0.3, 0.4) is 0 Å². The van der Waals surface area contributed by atoms with Crippen LogP contribution in [-0.2, 0) is 30.8 Å². The summed E-state index contributed by atoms with van der Waals surface area (Å²) in [4.78, 5) is 19.1. The summed E-state index contributed by atoms with van der Waals surface area (Å²) in [6.45, 7) is 3.64. The maximum atomic E-state index is 11.9. The first-order valence-electron chi connectivity index (χ1n) is 9.65. The number of amides is 1. The molecule has 0 atom stereocenters. The van der Waals surface area contributed by atoms with Gasteiger partial charge >= 0.3 is 0 Å². The standard InChI is InChI=1S/C20H23N5OS/c26-19(21-14-5-6-14)8-7-15-11-16-12-24(9-10-25(16)23-15)13-20-22-17-3-1-2-4-18(17)27-20/h1-4,11,14H,5-10,12-13H2,(H,21,26). The molecule has 1 aromatic carbocycles. The van der Waals surface area contributed by atoms with E-state index in [-0.39, 0.29) is 5.91 Å². The first-order valence-corrected chi connectivity index (χ1v) is 10.5. The highest BCUT2D eigenvalue weighted by Crippen LogP contribution is 2.24. The highest BCUT2D eigenvalue weighted by Gasteiger charge is 2.23. The van der Waals surface area contributed by atoms with Crippen molar-refractivity contribution in [3.8, 4) is 0 Å². The molecular formula is C20H23N5OS. The van der Waals surface area contributed by atoms with Crippen molar-refractivity contribution in [3.63, 3.8) is 0 Å². The highest BCUT2D eigenvalue weighted by atomic mass is 32.1. The van der Waals surface area contributed by atoms with Gasteiger partial charge in [0.2, 0.25) is 5.91 Å². The molecule has 7 heteroatoms. The zero-order valence-electron chi connectivity index (χ0n) is 15.2. The van der Waals surface area contributed by atoms with E-state index >= 15 is 0 Å². The average molecular weight is 382 g/mol. The van der Waals surface area contributed by atoms with Crippen molar-refractivity contribution in [2.45, 2.75) is 51.4 Å². The number of nitrogens with zero attached hydrogens (tertiary/aromatic N) is 4. The summed E-state index contributed by atoms with van der Waals surface area (Å²) in [5, 5.41) is 8.90. The summed E-state index contributed by atoms with van der Waals surface area (Å²) >= 11 is 1.78. The second kappa shape index (κ2) is 7.05. The van der Waals surface area contributed by atoms with E-state index in [4.69, 9.17) is 10.1 Å². The summed E-state index contributed by atoms with van der Waals surface area (Å²) in [5.74, 6) is 0.154. The summed E-state index contributed by atoms with van der Waals surface area (Å²) in [5.41, 5.74) is 3.35. The number of aryl methyl sites for hydroxylation is 1. The lowest BCUT2D eigenvalue weighted by molar-refractivity contribution is -0.121. The number of fused-ring (bicyclic) bond motifs is 2. The van der Waals surface area contributed by atoms with Crippen LogP contribution in [0.15, 0.2) is 30.3 Å². The Kier molecular flexibility index (Phi) is 4.41. The number of carbonyl (C=O) groups is 1. The fraction of sp³-hybridized carbons (Fsp3) is 0.450. The Balaban J connectivity index is 1.20. The first kappa shape index (κ1) is 16.9. The molecule has 5 rings (SSSR count). The molecule has 1 fully saturated rings. The average Bonchev–Trinajstić information content (AvgIpc) is 3.23. The molecular weight excluding hydrogens is 358 g/mol. The summed E-state index contributed by atoms with van der Waals surface area (Å²) in [6.07, 6.45) is 3.52. The van der Waals surface area contributed by atoms with E-state index in [9.17, 15) is 4.79 Å². The SMILES string of the molecule is O=C(CCc1cc2n(n1)CCN(Cc1nc3ccccc3s1)C2)NC1CC1. The lowest BCUT2D eigenvalue weighted by atomic mass is 10.2. The van der Waals surface area contributed by atoms with E-state index in [0.29, 0.717) is 12.5 Å². The van der Waals surface area contributed by atoms with Crippen LogP contribution in [0.2, 0.25) is 0 Å². The number of rotatable bonds is 6. The van der Waals surface area contributed by atoms with Gasteiger partial charge in [-0.15, -0.1) is 11.3 Å². The van der Waals surface area contributed by atoms with Crippen molar-refractivity contribution in [2.24, 2.45) is 0 Å². The third kappa shape index (κ3) is 3.89. The second-order valence-corrected chi connectivity index (χ2v) is 8.59. The first-order chi connectivity index (χ1) is 13.2. The summed E-state index contributed by atoms with van der Waals surface area (Å²) < 4.78 is 3.35. The quantitative estimate of drug-likeness (QED) is 0.713. The fourth-order valence-electron chi connectivity index (χ4n) is 3.59. The molecule has 6 nitrogen and oxygen atoms in total. The molecule has 2 aromatic heterocycles. The number of hydrogen-bond donors (Lipinski definition) is 1. The number of para-hydroxylation sites is 1. The Labute approximate surface area is 162 Å². The molecule has 0 saturated heterocycles. The minimum absolute atomic E-state index is 0.154. The van der Waals surface area contributed by atoms with Gasteiger partial charge in [-0.25, -0.2) is 4.98 Å². The zero-order valence-corrected chi connectivity index (χ0v) is 16.0. The largest absolute Gasteiger partial charge is 0.353 e. The number of thiazole rings is 1. The predicted octanol–water partition coefficient (Wildman–Crippen LogP) is 2.72. The van der Waals surface area contributed by atoms with Gasteiger partial charge in [-0.1, -0.05) is 12.1 Å². The van der Waals surface area contributed by atoms with Gasteiger partial charge in [0.05, 0.1) is 34.7 Å². The van der Waals surface area contributed by atoms with E-state index in [0.717, 1.165) is 56.7 Å². The van der Waals surface area contributed by atoms with Crippen LogP contribution in [0, 0.1) is 0 Å². The van der Waals surface area contributed by atoms with Crippen molar-refractivity contribution in [3.05, 3.63) is 46.7 Å². The number of aromatic nitrogens is 3. The van der Waals surface area contributed by atoms with Gasteiger partial charge in [-0.05, 0) is 31.0 Å². The molecule has 2 aliphatic rings. The van der Waals surface area contributed by atoms with Crippen molar-refractivity contribution in [1.82, 2.24) is 25.0 Å². The van der Waals surface area contributed by atoms with Gasteiger partial charge < -0.3 is 5.32 Å². The number of benzene rings is 1. The Hall–Kier alpha value is -2.25. The molecule has 3 heterocycles. The molecule has 0 bridgehead atoms. The Morgan fingerprint density at radius 1 is 1.26 bits per heavy atom. The molecule has 1 aliphatic carbocycles. The molecule has 27 heavy (non-hydrogen) atoms. The van der Waals surface area contributed by atoms with E-state index in [1.54, 1.807) is 11.3 Å². The Morgan fingerprint density at radius 3 is 3.00 bits per heavy atom. The number of hydrogen-bond acceptors (Lipinski definition) is 5. The van der Waals surface area contributed by atoms with Gasteiger partial charge in [0.25, 0.3) is 0 Å². The molecule has 0 spiro atoms. The molecule has 1 aliphatic heterocycles. The fourth-order valence-corrected chi connectivity index (χ4v) is 4.60. The highest BCUT2D eigenvalue weighted by molar-refractivity contribution is 7.18. The van der Waals surface area contributed by atoms with E-state index in [1.165, 1.54) is 15.4 Å². The van der Waals surface area contributed by atoms with E-state index < -0.39 is 0 Å². The maximum absolute atomic E-state index is 11.9. The maximum Gasteiger partial charge on any atom is 0.220 e. The van der Waals surface area contributed by atoms with Gasteiger partial charge in [0.1, 0.15) is 5.01 Å². The minimum Gasteiger partial charge on any atom is -0.353 e. The van der Waals surface area contributed by atoms with Gasteiger partial charge in [0, 0.05) is 32.0 Å². The Morgan fingerprint density at radius 2 is 2.15 bits per heavy atom. The lowest BCUT2D eigenvalue weighted by Crippen LogP contribution is -2.33.